The van der Waals surface area contributed by atoms with Gasteiger partial charge in [0.25, 0.3) is 10.1 Å². The van der Waals surface area contributed by atoms with Crippen LogP contribution in [0, 0.1) is 0 Å². The van der Waals surface area contributed by atoms with Gasteiger partial charge in [0, 0.05) is 0 Å². The van der Waals surface area contributed by atoms with E-state index in [0.717, 1.165) is 6.08 Å². The summed E-state index contributed by atoms with van der Waals surface area (Å²) in [7, 11) is -3.59. The summed E-state index contributed by atoms with van der Waals surface area (Å²) in [4.78, 5) is 0. The van der Waals surface area contributed by atoms with Crippen molar-refractivity contribution in [3.05, 3.63) is 12.2 Å². The molecule has 0 radical (unpaired) electrons. The maximum atomic E-state index is 12.0. The third kappa shape index (κ3) is 1.76. The van der Waals surface area contributed by atoms with Crippen LogP contribution < -0.4 is 0 Å². The van der Waals surface area contributed by atoms with Crippen molar-refractivity contribution in [2.75, 3.05) is 5.75 Å². The van der Waals surface area contributed by atoms with Crippen LogP contribution >= 0.6 is 0 Å². The maximum Gasteiger partial charge on any atom is 0.273 e. The van der Waals surface area contributed by atoms with Crippen molar-refractivity contribution in [2.24, 2.45) is 0 Å². The fourth-order valence-electron chi connectivity index (χ4n) is 0.492. The van der Waals surface area contributed by atoms with Crippen molar-refractivity contribution in [1.82, 2.24) is 0 Å². The zero-order valence-corrected chi connectivity index (χ0v) is 5.27. The summed E-state index contributed by atoms with van der Waals surface area (Å²) in [5, 5.41) is 0. The van der Waals surface area contributed by atoms with Crippen LogP contribution in [0.15, 0.2) is 12.2 Å². The van der Waals surface area contributed by atoms with Crippen LogP contribution in [0.5, 0.6) is 0 Å². The molecule has 5 heteroatoms. The summed E-state index contributed by atoms with van der Waals surface area (Å²) in [6.07, 6.45) is 0.494. The van der Waals surface area contributed by atoms with Crippen molar-refractivity contribution in [3.8, 4) is 0 Å². The van der Waals surface area contributed by atoms with E-state index in [0.29, 0.717) is 0 Å². The summed E-state index contributed by atoms with van der Waals surface area (Å²) in [5.41, 5.74) is 0. The lowest BCUT2D eigenvalue weighted by Gasteiger charge is -2.08. The fourth-order valence-corrected chi connectivity index (χ4v) is 1.26. The van der Waals surface area contributed by atoms with Crippen molar-refractivity contribution in [3.63, 3.8) is 0 Å². The molecule has 0 saturated carbocycles. The molecule has 0 spiro atoms. The van der Waals surface area contributed by atoms with Gasteiger partial charge in [-0.25, -0.2) is 8.57 Å². The lowest BCUT2D eigenvalue weighted by molar-refractivity contribution is 0.118. The van der Waals surface area contributed by atoms with E-state index in [1.807, 2.05) is 0 Å². The highest BCUT2D eigenvalue weighted by Gasteiger charge is 2.19. The Balaban J connectivity index is 2.81. The maximum absolute atomic E-state index is 12.0. The Morgan fingerprint density at radius 2 is 2.33 bits per heavy atom. The topological polar surface area (TPSA) is 43.4 Å². The largest absolute Gasteiger partial charge is 0.273 e. The molecule has 9 heavy (non-hydrogen) atoms. The van der Waals surface area contributed by atoms with Crippen molar-refractivity contribution >= 4 is 10.1 Å². The van der Waals surface area contributed by atoms with Gasteiger partial charge in [-0.15, -0.1) is 0 Å². The average molecular weight is 152 g/mol. The van der Waals surface area contributed by atoms with Crippen LogP contribution in [0.4, 0.5) is 4.39 Å². The molecule has 0 aliphatic carbocycles. The Labute approximate surface area is 52.3 Å². The molecule has 1 atom stereocenters. The van der Waals surface area contributed by atoms with E-state index >= 15 is 0 Å². The minimum atomic E-state index is -3.59. The number of halogens is 1. The summed E-state index contributed by atoms with van der Waals surface area (Å²) >= 11 is 0. The first-order valence-electron chi connectivity index (χ1n) is 2.32. The van der Waals surface area contributed by atoms with Gasteiger partial charge in [-0.3, -0.25) is 0 Å². The van der Waals surface area contributed by atoms with E-state index < -0.39 is 16.5 Å². The van der Waals surface area contributed by atoms with Gasteiger partial charge in [0.2, 0.25) is 6.36 Å². The highest BCUT2D eigenvalue weighted by atomic mass is 32.2. The van der Waals surface area contributed by atoms with E-state index in [9.17, 15) is 12.8 Å². The Hall–Kier alpha value is -0.420. The third-order valence-electron chi connectivity index (χ3n) is 0.826. The van der Waals surface area contributed by atoms with Gasteiger partial charge in [-0.1, -0.05) is 6.08 Å². The molecule has 1 unspecified atom stereocenters. The van der Waals surface area contributed by atoms with E-state index in [4.69, 9.17) is 0 Å². The van der Waals surface area contributed by atoms with Crippen molar-refractivity contribution in [2.45, 2.75) is 6.36 Å². The molecule has 0 saturated heterocycles. The van der Waals surface area contributed by atoms with E-state index in [1.54, 1.807) is 0 Å². The molecular weight excluding hydrogens is 147 g/mol. The molecule has 0 bridgehead atoms. The SMILES string of the molecule is O=S1(=O)CC=CC(F)O1. The van der Waals surface area contributed by atoms with E-state index in [-0.39, 0.29) is 5.75 Å². The highest BCUT2D eigenvalue weighted by Crippen LogP contribution is 2.08. The third-order valence-corrected chi connectivity index (χ3v) is 1.90. The molecule has 3 nitrogen and oxygen atoms in total. The predicted octanol–water partition coefficient (Wildman–Crippen LogP) is 0.198. The molecule has 0 aromatic carbocycles. The molecule has 1 aliphatic rings. The fraction of sp³-hybridized carbons (Fsp3) is 0.500. The summed E-state index contributed by atoms with van der Waals surface area (Å²) in [6.45, 7) is 0. The number of rotatable bonds is 0. The number of alkyl halides is 1. The van der Waals surface area contributed by atoms with Crippen LogP contribution in [-0.2, 0) is 14.3 Å². The van der Waals surface area contributed by atoms with E-state index in [2.05, 4.69) is 4.18 Å². The van der Waals surface area contributed by atoms with Crippen molar-refractivity contribution < 1.29 is 17.0 Å². The molecule has 1 aliphatic heterocycles. The highest BCUT2D eigenvalue weighted by molar-refractivity contribution is 7.86. The van der Waals surface area contributed by atoms with Crippen molar-refractivity contribution in [1.29, 1.82) is 0 Å². The first-order chi connectivity index (χ1) is 4.10. The van der Waals surface area contributed by atoms with Gasteiger partial charge in [0.05, 0.1) is 5.75 Å². The first kappa shape index (κ1) is 6.70. The minimum absolute atomic E-state index is 0.229. The smallest absolute Gasteiger partial charge is 0.229 e. The molecule has 52 valence electrons. The van der Waals surface area contributed by atoms with Crippen LogP contribution in [0.3, 0.4) is 0 Å². The molecule has 0 aromatic rings. The normalized spacial score (nSPS) is 32.3. The number of hydrogen-bond acceptors (Lipinski definition) is 3. The van der Waals surface area contributed by atoms with Crippen LogP contribution in [-0.4, -0.2) is 20.5 Å². The minimum Gasteiger partial charge on any atom is -0.229 e. The lowest BCUT2D eigenvalue weighted by Crippen LogP contribution is -2.18. The predicted molar refractivity (Wildman–Crippen MR) is 28.9 cm³/mol. The molecule has 0 amide bonds. The molecular formula is C4H5FO3S. The molecule has 1 heterocycles. The zero-order chi connectivity index (χ0) is 6.91. The van der Waals surface area contributed by atoms with Crippen LogP contribution in [0.1, 0.15) is 0 Å². The van der Waals surface area contributed by atoms with Gasteiger partial charge in [-0.2, -0.15) is 8.42 Å². The Morgan fingerprint density at radius 3 is 2.67 bits per heavy atom. The number of hydrogen-bond donors (Lipinski definition) is 0. The van der Waals surface area contributed by atoms with Gasteiger partial charge >= 0.3 is 0 Å². The molecule has 0 aromatic heterocycles. The van der Waals surface area contributed by atoms with Gasteiger partial charge < -0.3 is 0 Å². The molecule has 0 fully saturated rings. The zero-order valence-electron chi connectivity index (χ0n) is 4.45. The average Bonchev–Trinajstić information content (AvgIpc) is 1.60. The Bertz CT molecular complexity index is 218. The second-order valence-electron chi connectivity index (χ2n) is 1.60. The Kier molecular flexibility index (Phi) is 1.54. The first-order valence-corrected chi connectivity index (χ1v) is 3.89. The van der Waals surface area contributed by atoms with Gasteiger partial charge in [-0.05, 0) is 6.08 Å². The lowest BCUT2D eigenvalue weighted by atomic mass is 10.5. The van der Waals surface area contributed by atoms with Crippen LogP contribution in [0.25, 0.3) is 0 Å². The second kappa shape index (κ2) is 2.07. The standard InChI is InChI=1S/C4H5FO3S/c5-4-2-1-3-9(6,7)8-4/h1-2,4H,3H2. The van der Waals surface area contributed by atoms with E-state index in [1.165, 1.54) is 6.08 Å². The summed E-state index contributed by atoms with van der Waals surface area (Å²) < 4.78 is 36.6. The summed E-state index contributed by atoms with van der Waals surface area (Å²) in [6, 6.07) is 0. The quantitative estimate of drug-likeness (QED) is 0.368. The Morgan fingerprint density at radius 1 is 1.67 bits per heavy atom. The second-order valence-corrected chi connectivity index (χ2v) is 3.24. The van der Waals surface area contributed by atoms with Gasteiger partial charge in [0.1, 0.15) is 0 Å². The monoisotopic (exact) mass is 152 g/mol. The molecule has 0 N–H and O–H groups in total. The van der Waals surface area contributed by atoms with Crippen LogP contribution in [0.2, 0.25) is 0 Å². The van der Waals surface area contributed by atoms with Gasteiger partial charge in [0.15, 0.2) is 0 Å². The summed E-state index contributed by atoms with van der Waals surface area (Å²) in [5.74, 6) is -0.229. The molecule has 1 rings (SSSR count).